The molecule has 1 rings (SSSR count). The summed E-state index contributed by atoms with van der Waals surface area (Å²) in [5.41, 5.74) is 0. The summed E-state index contributed by atoms with van der Waals surface area (Å²) >= 11 is 3.29. The molecule has 0 spiro atoms. The van der Waals surface area contributed by atoms with Gasteiger partial charge in [0, 0.05) is 18.1 Å². The van der Waals surface area contributed by atoms with E-state index in [0.29, 0.717) is 5.75 Å². The molecule has 0 aliphatic heterocycles. The highest BCUT2D eigenvalue weighted by Gasteiger charge is 2.21. The minimum atomic E-state index is -3.77. The Labute approximate surface area is 120 Å². The second kappa shape index (κ2) is 6.88. The lowest BCUT2D eigenvalue weighted by atomic mass is 10.3. The van der Waals surface area contributed by atoms with Crippen LogP contribution in [0.5, 0.6) is 5.75 Å². The standard InChI is InChI=1S/C11H14BrNO5S/c1-13(19(16,17)8-11(14)15)6-7-18-10-4-2-9(12)3-5-10/h2-5H,6-8H2,1H3,(H,14,15). The number of rotatable bonds is 7. The van der Waals surface area contributed by atoms with Gasteiger partial charge in [-0.15, -0.1) is 0 Å². The first kappa shape index (κ1) is 15.9. The van der Waals surface area contributed by atoms with Gasteiger partial charge in [0.1, 0.15) is 12.4 Å². The van der Waals surface area contributed by atoms with Crippen molar-refractivity contribution in [1.29, 1.82) is 0 Å². The maximum atomic E-state index is 11.5. The number of carboxylic acids is 1. The van der Waals surface area contributed by atoms with Crippen LogP contribution >= 0.6 is 15.9 Å². The van der Waals surface area contributed by atoms with Crippen LogP contribution in [-0.4, -0.2) is 49.8 Å². The molecule has 0 fully saturated rings. The molecule has 0 unspecified atom stereocenters. The molecule has 8 heteroatoms. The van der Waals surface area contributed by atoms with Gasteiger partial charge in [-0.3, -0.25) is 4.79 Å². The van der Waals surface area contributed by atoms with Gasteiger partial charge < -0.3 is 9.84 Å². The smallest absolute Gasteiger partial charge is 0.320 e. The molecule has 106 valence electrons. The van der Waals surface area contributed by atoms with E-state index in [9.17, 15) is 13.2 Å². The highest BCUT2D eigenvalue weighted by atomic mass is 79.9. The van der Waals surface area contributed by atoms with Crippen LogP contribution in [0.3, 0.4) is 0 Å². The molecule has 0 heterocycles. The minimum absolute atomic E-state index is 0.0890. The Morgan fingerprint density at radius 1 is 1.37 bits per heavy atom. The van der Waals surface area contributed by atoms with Crippen LogP contribution in [0.2, 0.25) is 0 Å². The van der Waals surface area contributed by atoms with E-state index in [-0.39, 0.29) is 13.2 Å². The number of halogens is 1. The molecule has 19 heavy (non-hydrogen) atoms. The minimum Gasteiger partial charge on any atom is -0.492 e. The van der Waals surface area contributed by atoms with Crippen molar-refractivity contribution in [3.63, 3.8) is 0 Å². The van der Waals surface area contributed by atoms with E-state index in [1.165, 1.54) is 7.05 Å². The molecule has 0 saturated heterocycles. The number of benzene rings is 1. The van der Waals surface area contributed by atoms with E-state index in [1.54, 1.807) is 24.3 Å². The molecule has 0 saturated carbocycles. The molecule has 0 aromatic heterocycles. The Morgan fingerprint density at radius 3 is 2.47 bits per heavy atom. The van der Waals surface area contributed by atoms with E-state index in [2.05, 4.69) is 15.9 Å². The Kier molecular flexibility index (Phi) is 5.77. The van der Waals surface area contributed by atoms with E-state index in [4.69, 9.17) is 9.84 Å². The first-order valence-corrected chi connectivity index (χ1v) is 7.75. The Bertz CT molecular complexity index is 529. The maximum Gasteiger partial charge on any atom is 0.320 e. The van der Waals surface area contributed by atoms with Crippen LogP contribution in [0.1, 0.15) is 0 Å². The van der Waals surface area contributed by atoms with E-state index >= 15 is 0 Å². The number of aliphatic carboxylic acids is 1. The largest absolute Gasteiger partial charge is 0.492 e. The average molecular weight is 352 g/mol. The molecule has 1 aromatic rings. The van der Waals surface area contributed by atoms with Crippen molar-refractivity contribution >= 4 is 31.9 Å². The van der Waals surface area contributed by atoms with Crippen molar-refractivity contribution in [1.82, 2.24) is 4.31 Å². The highest BCUT2D eigenvalue weighted by molar-refractivity contribution is 9.10. The van der Waals surface area contributed by atoms with Gasteiger partial charge in [0.25, 0.3) is 0 Å². The first-order chi connectivity index (χ1) is 8.81. The summed E-state index contributed by atoms with van der Waals surface area (Å²) in [5, 5.41) is 8.49. The van der Waals surface area contributed by atoms with Crippen molar-refractivity contribution in [2.24, 2.45) is 0 Å². The fourth-order valence-corrected chi connectivity index (χ4v) is 2.38. The molecule has 6 nitrogen and oxygen atoms in total. The van der Waals surface area contributed by atoms with Gasteiger partial charge in [-0.25, -0.2) is 12.7 Å². The van der Waals surface area contributed by atoms with Gasteiger partial charge in [0.15, 0.2) is 5.75 Å². The van der Waals surface area contributed by atoms with Crippen LogP contribution < -0.4 is 4.74 Å². The molecule has 0 bridgehead atoms. The summed E-state index contributed by atoms with van der Waals surface area (Å²) < 4.78 is 30.3. The summed E-state index contributed by atoms with van der Waals surface area (Å²) in [6.07, 6.45) is 0. The molecule has 0 radical (unpaired) electrons. The van der Waals surface area contributed by atoms with Crippen LogP contribution in [-0.2, 0) is 14.8 Å². The third-order valence-corrected chi connectivity index (χ3v) is 4.54. The number of ether oxygens (including phenoxy) is 1. The van der Waals surface area contributed by atoms with E-state index in [1.807, 2.05) is 0 Å². The van der Waals surface area contributed by atoms with Crippen LogP contribution in [0.4, 0.5) is 0 Å². The summed E-state index contributed by atoms with van der Waals surface area (Å²) in [5.74, 6) is -1.67. The van der Waals surface area contributed by atoms with E-state index in [0.717, 1.165) is 8.78 Å². The molecule has 1 N–H and O–H groups in total. The molecule has 0 aliphatic rings. The maximum absolute atomic E-state index is 11.5. The predicted molar refractivity (Wildman–Crippen MR) is 73.7 cm³/mol. The molecule has 0 atom stereocenters. The second-order valence-electron chi connectivity index (χ2n) is 3.77. The van der Waals surface area contributed by atoms with Gasteiger partial charge in [0.2, 0.25) is 10.0 Å². The van der Waals surface area contributed by atoms with Gasteiger partial charge in [-0.05, 0) is 24.3 Å². The fourth-order valence-electron chi connectivity index (χ4n) is 1.23. The molecule has 1 aromatic carbocycles. The Morgan fingerprint density at radius 2 is 1.95 bits per heavy atom. The third-order valence-electron chi connectivity index (χ3n) is 2.27. The predicted octanol–water partition coefficient (Wildman–Crippen LogP) is 1.17. The van der Waals surface area contributed by atoms with Crippen molar-refractivity contribution in [2.45, 2.75) is 0 Å². The Hall–Kier alpha value is -1.12. The Balaban J connectivity index is 2.44. The average Bonchev–Trinajstić information content (AvgIpc) is 2.30. The van der Waals surface area contributed by atoms with Gasteiger partial charge >= 0.3 is 5.97 Å². The van der Waals surface area contributed by atoms with E-state index < -0.39 is 21.7 Å². The summed E-state index contributed by atoms with van der Waals surface area (Å²) in [4.78, 5) is 10.4. The summed E-state index contributed by atoms with van der Waals surface area (Å²) in [6.45, 7) is 0.239. The number of hydrogen-bond acceptors (Lipinski definition) is 4. The van der Waals surface area contributed by atoms with Crippen LogP contribution in [0.15, 0.2) is 28.7 Å². The lowest BCUT2D eigenvalue weighted by Crippen LogP contribution is -2.35. The second-order valence-corrected chi connectivity index (χ2v) is 6.77. The zero-order valence-electron chi connectivity index (χ0n) is 10.2. The normalized spacial score (nSPS) is 11.5. The van der Waals surface area contributed by atoms with Crippen LogP contribution in [0.25, 0.3) is 0 Å². The number of carbonyl (C=O) groups is 1. The number of likely N-dealkylation sites (N-methyl/N-ethyl adjacent to an activating group) is 1. The molecule has 0 aliphatic carbocycles. The van der Waals surface area contributed by atoms with Gasteiger partial charge in [0.05, 0.1) is 0 Å². The monoisotopic (exact) mass is 351 g/mol. The van der Waals surface area contributed by atoms with Gasteiger partial charge in [-0.2, -0.15) is 0 Å². The number of nitrogens with zero attached hydrogens (tertiary/aromatic N) is 1. The summed E-state index contributed by atoms with van der Waals surface area (Å²) in [7, 11) is -2.45. The molecule has 0 amide bonds. The number of hydrogen-bond donors (Lipinski definition) is 1. The fraction of sp³-hybridized carbons (Fsp3) is 0.364. The lowest BCUT2D eigenvalue weighted by molar-refractivity contribution is -0.134. The van der Waals surface area contributed by atoms with Crippen molar-refractivity contribution in [3.05, 3.63) is 28.7 Å². The quantitative estimate of drug-likeness (QED) is 0.797. The van der Waals surface area contributed by atoms with Crippen molar-refractivity contribution in [2.75, 3.05) is 26.0 Å². The van der Waals surface area contributed by atoms with Crippen LogP contribution in [0, 0.1) is 0 Å². The highest BCUT2D eigenvalue weighted by Crippen LogP contribution is 2.16. The SMILES string of the molecule is CN(CCOc1ccc(Br)cc1)S(=O)(=O)CC(=O)O. The van der Waals surface area contributed by atoms with Crippen molar-refractivity contribution < 1.29 is 23.1 Å². The zero-order chi connectivity index (χ0) is 14.5. The zero-order valence-corrected chi connectivity index (χ0v) is 12.6. The lowest BCUT2D eigenvalue weighted by Gasteiger charge is -2.16. The third kappa shape index (κ3) is 5.58. The number of sulfonamides is 1. The first-order valence-electron chi connectivity index (χ1n) is 5.35. The summed E-state index contributed by atoms with van der Waals surface area (Å²) in [6, 6.07) is 7.10. The molecular formula is C11H14BrNO5S. The van der Waals surface area contributed by atoms with Crippen molar-refractivity contribution in [3.8, 4) is 5.75 Å². The molecular weight excluding hydrogens is 338 g/mol. The van der Waals surface area contributed by atoms with Gasteiger partial charge in [-0.1, -0.05) is 15.9 Å². The number of carboxylic acid groups (broad SMARTS) is 1. The topological polar surface area (TPSA) is 83.9 Å².